The largest absolute Gasteiger partial charge is 0.369 e. The number of H-pyrrole nitrogens is 1. The Morgan fingerprint density at radius 3 is 3.26 bits per heavy atom. The van der Waals surface area contributed by atoms with Crippen molar-refractivity contribution in [2.45, 2.75) is 19.6 Å². The van der Waals surface area contributed by atoms with Gasteiger partial charge in [-0.1, -0.05) is 0 Å². The first kappa shape index (κ1) is 12.3. The molecule has 1 unspecified atom stereocenters. The molecule has 1 saturated heterocycles. The third kappa shape index (κ3) is 2.97. The quantitative estimate of drug-likeness (QED) is 0.893. The molecule has 3 rings (SSSR count). The number of morpholine rings is 1. The molecule has 19 heavy (non-hydrogen) atoms. The lowest BCUT2D eigenvalue weighted by atomic mass is 10.2. The summed E-state index contributed by atoms with van der Waals surface area (Å²) in [4.78, 5) is 18.1. The number of nitrogens with zero attached hydrogens (tertiary/aromatic N) is 4. The first-order valence-corrected chi connectivity index (χ1v) is 6.42. The van der Waals surface area contributed by atoms with E-state index < -0.39 is 0 Å². The Balaban J connectivity index is 1.67. The van der Waals surface area contributed by atoms with E-state index in [0.717, 1.165) is 43.5 Å². The molecule has 1 aliphatic rings. The molecule has 0 aromatic carbocycles. The third-order valence-corrected chi connectivity index (χ3v) is 3.23. The molecule has 0 bridgehead atoms. The number of ether oxygens (including phenoxy) is 1. The van der Waals surface area contributed by atoms with Crippen LogP contribution in [0, 0.1) is 6.92 Å². The lowest BCUT2D eigenvalue weighted by molar-refractivity contribution is -0.0354. The Morgan fingerprint density at radius 1 is 1.53 bits per heavy atom. The molecule has 2 aromatic rings. The zero-order valence-electron chi connectivity index (χ0n) is 10.9. The van der Waals surface area contributed by atoms with Crippen LogP contribution in [-0.4, -0.2) is 44.5 Å². The summed E-state index contributed by atoms with van der Waals surface area (Å²) in [5.41, 5.74) is 2.08. The van der Waals surface area contributed by atoms with Gasteiger partial charge in [-0.25, -0.2) is 15.0 Å². The fraction of sp³-hybridized carbons (Fsp3) is 0.462. The van der Waals surface area contributed by atoms with Crippen molar-refractivity contribution in [2.75, 3.05) is 19.7 Å². The SMILES string of the molecule is Cc1nccc(C2CN(Cc3cnc[nH]3)CCO2)n1. The fourth-order valence-electron chi connectivity index (χ4n) is 2.29. The van der Waals surface area contributed by atoms with Crippen LogP contribution >= 0.6 is 0 Å². The molecule has 6 heteroatoms. The van der Waals surface area contributed by atoms with Gasteiger partial charge in [0.15, 0.2) is 0 Å². The highest BCUT2D eigenvalue weighted by Crippen LogP contribution is 2.21. The molecule has 1 N–H and O–H groups in total. The fourth-order valence-corrected chi connectivity index (χ4v) is 2.29. The van der Waals surface area contributed by atoms with E-state index in [1.54, 1.807) is 12.5 Å². The zero-order chi connectivity index (χ0) is 13.1. The molecule has 2 aromatic heterocycles. The maximum Gasteiger partial charge on any atom is 0.125 e. The molecular formula is C13H17N5O. The van der Waals surface area contributed by atoms with Crippen molar-refractivity contribution in [3.8, 4) is 0 Å². The van der Waals surface area contributed by atoms with E-state index in [9.17, 15) is 0 Å². The second-order valence-corrected chi connectivity index (χ2v) is 4.70. The number of imidazole rings is 1. The van der Waals surface area contributed by atoms with Gasteiger partial charge in [-0.05, 0) is 13.0 Å². The maximum absolute atomic E-state index is 5.81. The van der Waals surface area contributed by atoms with Crippen LogP contribution in [0.25, 0.3) is 0 Å². The van der Waals surface area contributed by atoms with Crippen LogP contribution in [0.5, 0.6) is 0 Å². The van der Waals surface area contributed by atoms with Crippen molar-refractivity contribution in [1.82, 2.24) is 24.8 Å². The number of aryl methyl sites for hydroxylation is 1. The van der Waals surface area contributed by atoms with Crippen LogP contribution in [0.2, 0.25) is 0 Å². The molecule has 1 atom stereocenters. The Hall–Kier alpha value is -1.79. The molecule has 1 aliphatic heterocycles. The molecule has 0 spiro atoms. The molecule has 0 aliphatic carbocycles. The van der Waals surface area contributed by atoms with Crippen LogP contribution in [0.4, 0.5) is 0 Å². The van der Waals surface area contributed by atoms with Crippen LogP contribution in [0.1, 0.15) is 23.3 Å². The van der Waals surface area contributed by atoms with Gasteiger partial charge in [-0.15, -0.1) is 0 Å². The summed E-state index contributed by atoms with van der Waals surface area (Å²) in [6.07, 6.45) is 5.38. The van der Waals surface area contributed by atoms with E-state index in [0.29, 0.717) is 0 Å². The number of rotatable bonds is 3. The molecule has 0 amide bonds. The first-order chi connectivity index (χ1) is 9.31. The minimum atomic E-state index is 0.0263. The molecule has 6 nitrogen and oxygen atoms in total. The van der Waals surface area contributed by atoms with E-state index in [4.69, 9.17) is 4.74 Å². The summed E-state index contributed by atoms with van der Waals surface area (Å²) < 4.78 is 5.81. The predicted molar refractivity (Wildman–Crippen MR) is 69.3 cm³/mol. The molecule has 0 radical (unpaired) electrons. The summed E-state index contributed by atoms with van der Waals surface area (Å²) in [7, 11) is 0. The first-order valence-electron chi connectivity index (χ1n) is 6.42. The number of nitrogens with one attached hydrogen (secondary N) is 1. The number of aromatic amines is 1. The van der Waals surface area contributed by atoms with Crippen LogP contribution in [-0.2, 0) is 11.3 Å². The van der Waals surface area contributed by atoms with Gasteiger partial charge in [0.1, 0.15) is 11.9 Å². The van der Waals surface area contributed by atoms with E-state index in [1.165, 1.54) is 0 Å². The minimum Gasteiger partial charge on any atom is -0.369 e. The molecule has 100 valence electrons. The molecular weight excluding hydrogens is 242 g/mol. The highest BCUT2D eigenvalue weighted by Gasteiger charge is 2.23. The second-order valence-electron chi connectivity index (χ2n) is 4.70. The monoisotopic (exact) mass is 259 g/mol. The van der Waals surface area contributed by atoms with Crippen LogP contribution in [0.15, 0.2) is 24.8 Å². The molecule has 1 fully saturated rings. The minimum absolute atomic E-state index is 0.0263. The van der Waals surface area contributed by atoms with Crippen molar-refractivity contribution in [1.29, 1.82) is 0 Å². The average molecular weight is 259 g/mol. The number of aromatic nitrogens is 4. The van der Waals surface area contributed by atoms with Gasteiger partial charge in [-0.3, -0.25) is 4.90 Å². The Bertz CT molecular complexity index is 528. The van der Waals surface area contributed by atoms with Gasteiger partial charge >= 0.3 is 0 Å². The van der Waals surface area contributed by atoms with Crippen molar-refractivity contribution < 1.29 is 4.74 Å². The summed E-state index contributed by atoms with van der Waals surface area (Å²) in [5.74, 6) is 0.784. The highest BCUT2D eigenvalue weighted by atomic mass is 16.5. The highest BCUT2D eigenvalue weighted by molar-refractivity contribution is 5.07. The van der Waals surface area contributed by atoms with E-state index in [1.807, 2.05) is 19.2 Å². The topological polar surface area (TPSA) is 66.9 Å². The van der Waals surface area contributed by atoms with Gasteiger partial charge < -0.3 is 9.72 Å². The maximum atomic E-state index is 5.81. The van der Waals surface area contributed by atoms with Crippen molar-refractivity contribution in [3.63, 3.8) is 0 Å². The summed E-state index contributed by atoms with van der Waals surface area (Å²) in [6, 6.07) is 1.93. The van der Waals surface area contributed by atoms with Crippen molar-refractivity contribution >= 4 is 0 Å². The van der Waals surface area contributed by atoms with Gasteiger partial charge in [-0.2, -0.15) is 0 Å². The second kappa shape index (κ2) is 5.46. The normalized spacial score (nSPS) is 20.6. The van der Waals surface area contributed by atoms with Gasteiger partial charge in [0.05, 0.1) is 18.6 Å². The zero-order valence-corrected chi connectivity index (χ0v) is 10.9. The Labute approximate surface area is 111 Å². The van der Waals surface area contributed by atoms with Gasteiger partial charge in [0.2, 0.25) is 0 Å². The smallest absolute Gasteiger partial charge is 0.125 e. The van der Waals surface area contributed by atoms with E-state index >= 15 is 0 Å². The standard InChI is InChI=1S/C13H17N5O/c1-10-15-3-2-12(17-10)13-8-18(4-5-19-13)7-11-6-14-9-16-11/h2-3,6,9,13H,4-5,7-8H2,1H3,(H,14,16). The molecule has 0 saturated carbocycles. The van der Waals surface area contributed by atoms with Gasteiger partial charge in [0.25, 0.3) is 0 Å². The van der Waals surface area contributed by atoms with Crippen molar-refractivity contribution in [2.24, 2.45) is 0 Å². The lowest BCUT2D eigenvalue weighted by Gasteiger charge is -2.32. The van der Waals surface area contributed by atoms with Gasteiger partial charge in [0, 0.05) is 37.7 Å². The van der Waals surface area contributed by atoms with E-state index in [-0.39, 0.29) is 6.10 Å². The van der Waals surface area contributed by atoms with Crippen molar-refractivity contribution in [3.05, 3.63) is 42.0 Å². The molecule has 3 heterocycles. The summed E-state index contributed by atoms with van der Waals surface area (Å²) in [5, 5.41) is 0. The summed E-state index contributed by atoms with van der Waals surface area (Å²) >= 11 is 0. The average Bonchev–Trinajstić information content (AvgIpc) is 2.92. The Kier molecular flexibility index (Phi) is 3.52. The number of hydrogen-bond donors (Lipinski definition) is 1. The Morgan fingerprint density at radius 2 is 2.47 bits per heavy atom. The lowest BCUT2D eigenvalue weighted by Crippen LogP contribution is -2.38. The van der Waals surface area contributed by atoms with E-state index in [2.05, 4.69) is 24.8 Å². The number of hydrogen-bond acceptors (Lipinski definition) is 5. The summed E-state index contributed by atoms with van der Waals surface area (Å²) in [6.45, 7) is 5.26. The van der Waals surface area contributed by atoms with Crippen LogP contribution in [0.3, 0.4) is 0 Å². The predicted octanol–water partition coefficient (Wildman–Crippen LogP) is 1.08. The third-order valence-electron chi connectivity index (χ3n) is 3.23. The van der Waals surface area contributed by atoms with Crippen LogP contribution < -0.4 is 0 Å².